The van der Waals surface area contributed by atoms with Crippen molar-refractivity contribution in [3.63, 3.8) is 0 Å². The third-order valence-corrected chi connectivity index (χ3v) is 3.09. The Morgan fingerprint density at radius 2 is 2.10 bits per heavy atom. The van der Waals surface area contributed by atoms with Crippen LogP contribution in [0.5, 0.6) is 5.75 Å². The van der Waals surface area contributed by atoms with Crippen LogP contribution in [-0.2, 0) is 9.53 Å². The van der Waals surface area contributed by atoms with E-state index in [1.165, 1.54) is 5.56 Å². The van der Waals surface area contributed by atoms with Crippen molar-refractivity contribution < 1.29 is 14.3 Å². The Morgan fingerprint density at radius 3 is 2.75 bits per heavy atom. The van der Waals surface area contributed by atoms with E-state index in [1.807, 2.05) is 19.1 Å². The molecule has 0 bridgehead atoms. The van der Waals surface area contributed by atoms with Crippen LogP contribution in [0, 0.1) is 6.92 Å². The van der Waals surface area contributed by atoms with Crippen LogP contribution in [0.3, 0.4) is 0 Å². The summed E-state index contributed by atoms with van der Waals surface area (Å²) in [5.74, 6) is 1.12. The van der Waals surface area contributed by atoms with Gasteiger partial charge in [-0.05, 0) is 36.5 Å². The Kier molecular flexibility index (Phi) is 7.09. The molecule has 0 aliphatic heterocycles. The average molecular weight is 279 g/mol. The van der Waals surface area contributed by atoms with Gasteiger partial charge in [0.15, 0.2) is 6.61 Å². The summed E-state index contributed by atoms with van der Waals surface area (Å²) in [6, 6.07) is 6.14. The van der Waals surface area contributed by atoms with Crippen LogP contribution >= 0.6 is 0 Å². The zero-order valence-electron chi connectivity index (χ0n) is 12.9. The summed E-state index contributed by atoms with van der Waals surface area (Å²) < 4.78 is 10.5. The highest BCUT2D eigenvalue weighted by Crippen LogP contribution is 2.24. The van der Waals surface area contributed by atoms with E-state index in [0.717, 1.165) is 17.7 Å². The van der Waals surface area contributed by atoms with Gasteiger partial charge in [-0.15, -0.1) is 0 Å². The van der Waals surface area contributed by atoms with Crippen molar-refractivity contribution in [2.24, 2.45) is 0 Å². The number of methoxy groups -OCH3 is 1. The van der Waals surface area contributed by atoms with Gasteiger partial charge in [-0.1, -0.05) is 26.0 Å². The smallest absolute Gasteiger partial charge is 0.257 e. The molecular weight excluding hydrogens is 254 g/mol. The van der Waals surface area contributed by atoms with E-state index in [-0.39, 0.29) is 12.5 Å². The fourth-order valence-electron chi connectivity index (χ4n) is 1.77. The number of aryl methyl sites for hydroxylation is 1. The number of benzene rings is 1. The lowest BCUT2D eigenvalue weighted by atomic mass is 10.0. The van der Waals surface area contributed by atoms with Gasteiger partial charge in [0, 0.05) is 20.3 Å². The molecule has 0 saturated heterocycles. The van der Waals surface area contributed by atoms with Crippen molar-refractivity contribution >= 4 is 5.91 Å². The molecule has 0 aromatic heterocycles. The number of rotatable bonds is 8. The first kappa shape index (κ1) is 16.5. The highest BCUT2D eigenvalue weighted by Gasteiger charge is 2.07. The SMILES string of the molecule is COCCCNC(=O)COc1cc(C(C)C)ccc1C. The standard InChI is InChI=1S/C16H25NO3/c1-12(2)14-7-6-13(3)15(10-14)20-11-16(18)17-8-5-9-19-4/h6-7,10,12H,5,8-9,11H2,1-4H3,(H,17,18). The molecule has 1 aromatic carbocycles. The molecule has 0 fully saturated rings. The molecule has 0 aliphatic rings. The summed E-state index contributed by atoms with van der Waals surface area (Å²) in [5.41, 5.74) is 2.26. The van der Waals surface area contributed by atoms with E-state index >= 15 is 0 Å². The van der Waals surface area contributed by atoms with Gasteiger partial charge in [0.1, 0.15) is 5.75 Å². The Balaban J connectivity index is 2.44. The second-order valence-electron chi connectivity index (χ2n) is 5.16. The van der Waals surface area contributed by atoms with Crippen LogP contribution in [0.2, 0.25) is 0 Å². The van der Waals surface area contributed by atoms with E-state index in [4.69, 9.17) is 9.47 Å². The molecule has 0 heterocycles. The predicted octanol–water partition coefficient (Wildman–Crippen LogP) is 2.65. The molecule has 1 aromatic rings. The molecule has 0 saturated carbocycles. The van der Waals surface area contributed by atoms with E-state index in [2.05, 4.69) is 25.2 Å². The Labute approximate surface area is 121 Å². The first-order valence-corrected chi connectivity index (χ1v) is 7.03. The molecule has 0 unspecified atom stereocenters. The average Bonchev–Trinajstić information content (AvgIpc) is 2.42. The van der Waals surface area contributed by atoms with Crippen molar-refractivity contribution in [3.8, 4) is 5.75 Å². The number of hydrogen-bond acceptors (Lipinski definition) is 3. The molecule has 20 heavy (non-hydrogen) atoms. The minimum Gasteiger partial charge on any atom is -0.483 e. The molecule has 0 radical (unpaired) electrons. The number of amides is 1. The van der Waals surface area contributed by atoms with Gasteiger partial charge in [-0.2, -0.15) is 0 Å². The molecule has 4 nitrogen and oxygen atoms in total. The summed E-state index contributed by atoms with van der Waals surface area (Å²) in [7, 11) is 1.65. The Hall–Kier alpha value is -1.55. The molecule has 1 rings (SSSR count). The van der Waals surface area contributed by atoms with E-state index in [1.54, 1.807) is 7.11 Å². The number of hydrogen-bond donors (Lipinski definition) is 1. The second kappa shape index (κ2) is 8.59. The third kappa shape index (κ3) is 5.61. The molecule has 0 aliphatic carbocycles. The minimum atomic E-state index is -0.101. The van der Waals surface area contributed by atoms with Gasteiger partial charge < -0.3 is 14.8 Å². The van der Waals surface area contributed by atoms with Crippen molar-refractivity contribution in [2.75, 3.05) is 26.9 Å². The second-order valence-corrected chi connectivity index (χ2v) is 5.16. The highest BCUT2D eigenvalue weighted by atomic mass is 16.5. The number of carbonyl (C=O) groups excluding carboxylic acids is 1. The first-order chi connectivity index (χ1) is 9.54. The van der Waals surface area contributed by atoms with Gasteiger partial charge >= 0.3 is 0 Å². The normalized spacial score (nSPS) is 10.7. The van der Waals surface area contributed by atoms with Crippen molar-refractivity contribution in [2.45, 2.75) is 33.1 Å². The van der Waals surface area contributed by atoms with Crippen molar-refractivity contribution in [1.29, 1.82) is 0 Å². The number of nitrogens with one attached hydrogen (secondary N) is 1. The van der Waals surface area contributed by atoms with Gasteiger partial charge in [-0.3, -0.25) is 4.79 Å². The van der Waals surface area contributed by atoms with Crippen molar-refractivity contribution in [1.82, 2.24) is 5.32 Å². The Morgan fingerprint density at radius 1 is 1.35 bits per heavy atom. The quantitative estimate of drug-likeness (QED) is 0.744. The predicted molar refractivity (Wildman–Crippen MR) is 80.3 cm³/mol. The summed E-state index contributed by atoms with van der Waals surface area (Å²) in [6.07, 6.45) is 0.810. The largest absolute Gasteiger partial charge is 0.483 e. The van der Waals surface area contributed by atoms with E-state index in [0.29, 0.717) is 19.1 Å². The molecule has 112 valence electrons. The van der Waals surface area contributed by atoms with Gasteiger partial charge in [0.05, 0.1) is 0 Å². The summed E-state index contributed by atoms with van der Waals surface area (Å²) in [4.78, 5) is 11.6. The Bertz CT molecular complexity index is 430. The maximum atomic E-state index is 11.6. The monoisotopic (exact) mass is 279 g/mol. The van der Waals surface area contributed by atoms with Crippen molar-refractivity contribution in [3.05, 3.63) is 29.3 Å². The zero-order valence-corrected chi connectivity index (χ0v) is 12.9. The lowest BCUT2D eigenvalue weighted by molar-refractivity contribution is -0.123. The van der Waals surface area contributed by atoms with Crippen LogP contribution < -0.4 is 10.1 Å². The fraction of sp³-hybridized carbons (Fsp3) is 0.562. The highest BCUT2D eigenvalue weighted by molar-refractivity contribution is 5.77. The molecule has 1 amide bonds. The lowest BCUT2D eigenvalue weighted by Gasteiger charge is -2.12. The summed E-state index contributed by atoms with van der Waals surface area (Å²) in [5, 5.41) is 2.80. The summed E-state index contributed by atoms with van der Waals surface area (Å²) in [6.45, 7) is 7.57. The van der Waals surface area contributed by atoms with Gasteiger partial charge in [0.2, 0.25) is 0 Å². The van der Waals surface area contributed by atoms with E-state index < -0.39 is 0 Å². The van der Waals surface area contributed by atoms with Crippen LogP contribution in [0.1, 0.15) is 37.3 Å². The van der Waals surface area contributed by atoms with Crippen LogP contribution in [0.25, 0.3) is 0 Å². The number of ether oxygens (including phenoxy) is 2. The van der Waals surface area contributed by atoms with Gasteiger partial charge in [-0.25, -0.2) is 0 Å². The minimum absolute atomic E-state index is 0.0510. The number of carbonyl (C=O) groups is 1. The topological polar surface area (TPSA) is 47.6 Å². The molecule has 4 heteroatoms. The maximum Gasteiger partial charge on any atom is 0.257 e. The molecule has 0 atom stereocenters. The van der Waals surface area contributed by atoms with Crippen LogP contribution in [0.15, 0.2) is 18.2 Å². The molecule has 0 spiro atoms. The van der Waals surface area contributed by atoms with E-state index in [9.17, 15) is 4.79 Å². The summed E-state index contributed by atoms with van der Waals surface area (Å²) >= 11 is 0. The lowest BCUT2D eigenvalue weighted by Crippen LogP contribution is -2.30. The van der Waals surface area contributed by atoms with Gasteiger partial charge in [0.25, 0.3) is 5.91 Å². The zero-order chi connectivity index (χ0) is 15.0. The first-order valence-electron chi connectivity index (χ1n) is 7.03. The maximum absolute atomic E-state index is 11.6. The third-order valence-electron chi connectivity index (χ3n) is 3.09. The molecular formula is C16H25NO3. The fourth-order valence-corrected chi connectivity index (χ4v) is 1.77. The van der Waals surface area contributed by atoms with Crippen LogP contribution in [-0.4, -0.2) is 32.8 Å². The van der Waals surface area contributed by atoms with Crippen LogP contribution in [0.4, 0.5) is 0 Å². The molecule has 1 N–H and O–H groups in total.